The minimum atomic E-state index is -3.58. The maximum atomic E-state index is 12.0. The number of hydrogen-bond donors (Lipinski definition) is 3. The predicted molar refractivity (Wildman–Crippen MR) is 74.7 cm³/mol. The highest BCUT2D eigenvalue weighted by atomic mass is 32.2. The zero-order chi connectivity index (χ0) is 14.6. The third-order valence-electron chi connectivity index (χ3n) is 2.96. The molecule has 1 saturated carbocycles. The van der Waals surface area contributed by atoms with Gasteiger partial charge in [0.1, 0.15) is 5.82 Å². The van der Waals surface area contributed by atoms with Crippen LogP contribution in [0.5, 0.6) is 0 Å². The van der Waals surface area contributed by atoms with E-state index in [1.54, 1.807) is 7.05 Å². The van der Waals surface area contributed by atoms with Crippen LogP contribution in [0.1, 0.15) is 12.8 Å². The molecule has 1 aliphatic rings. The minimum Gasteiger partial charge on any atom is -0.373 e. The first-order chi connectivity index (χ1) is 9.53. The van der Waals surface area contributed by atoms with Crippen LogP contribution in [-0.2, 0) is 14.8 Å². The quantitative estimate of drug-likeness (QED) is 0.612. The van der Waals surface area contributed by atoms with Crippen LogP contribution >= 0.6 is 0 Å². The maximum absolute atomic E-state index is 12.0. The van der Waals surface area contributed by atoms with Gasteiger partial charge < -0.3 is 10.6 Å². The van der Waals surface area contributed by atoms with E-state index in [1.807, 2.05) is 0 Å². The molecule has 1 aliphatic carbocycles. The summed E-state index contributed by atoms with van der Waals surface area (Å²) >= 11 is 0. The smallest absolute Gasteiger partial charge is 0.240 e. The summed E-state index contributed by atoms with van der Waals surface area (Å²) in [5.41, 5.74) is 0. The van der Waals surface area contributed by atoms with Gasteiger partial charge in [-0.3, -0.25) is 4.79 Å². The van der Waals surface area contributed by atoms with E-state index >= 15 is 0 Å². The Balaban J connectivity index is 1.84. The Hall–Kier alpha value is -1.67. The molecule has 0 aliphatic heterocycles. The Morgan fingerprint density at radius 1 is 1.40 bits per heavy atom. The van der Waals surface area contributed by atoms with Crippen molar-refractivity contribution in [2.45, 2.75) is 17.7 Å². The molecule has 0 bridgehead atoms. The van der Waals surface area contributed by atoms with Crippen LogP contribution in [0.25, 0.3) is 0 Å². The predicted octanol–water partition coefficient (Wildman–Crippen LogP) is -0.0722. The third-order valence-corrected chi connectivity index (χ3v) is 4.42. The van der Waals surface area contributed by atoms with E-state index in [-0.39, 0.29) is 23.3 Å². The molecule has 110 valence electrons. The molecule has 1 aromatic rings. The molecular weight excluding hydrogens is 280 g/mol. The fraction of sp³-hybridized carbons (Fsp3) is 0.500. The van der Waals surface area contributed by atoms with Crippen molar-refractivity contribution in [2.24, 2.45) is 5.92 Å². The third kappa shape index (κ3) is 3.91. The number of aromatic nitrogens is 1. The van der Waals surface area contributed by atoms with Crippen LogP contribution in [0.15, 0.2) is 23.2 Å². The Labute approximate surface area is 118 Å². The van der Waals surface area contributed by atoms with Gasteiger partial charge in [-0.15, -0.1) is 0 Å². The number of carbonyl (C=O) groups is 1. The summed E-state index contributed by atoms with van der Waals surface area (Å²) in [7, 11) is -1.91. The highest BCUT2D eigenvalue weighted by Gasteiger charge is 2.29. The molecule has 0 unspecified atom stereocenters. The van der Waals surface area contributed by atoms with Crippen LogP contribution in [0.4, 0.5) is 5.82 Å². The van der Waals surface area contributed by atoms with Gasteiger partial charge in [-0.2, -0.15) is 0 Å². The second-order valence-corrected chi connectivity index (χ2v) is 6.36. The number of amides is 1. The lowest BCUT2D eigenvalue weighted by atomic mass is 10.4. The van der Waals surface area contributed by atoms with Gasteiger partial charge in [0, 0.05) is 38.3 Å². The van der Waals surface area contributed by atoms with Crippen LogP contribution < -0.4 is 15.4 Å². The van der Waals surface area contributed by atoms with Crippen LogP contribution in [0, 0.1) is 5.92 Å². The molecule has 3 N–H and O–H groups in total. The molecule has 7 nitrogen and oxygen atoms in total. The van der Waals surface area contributed by atoms with Crippen molar-refractivity contribution in [2.75, 3.05) is 25.5 Å². The molecule has 2 rings (SSSR count). The number of anilines is 1. The van der Waals surface area contributed by atoms with Crippen molar-refractivity contribution in [3.63, 3.8) is 0 Å². The number of rotatable bonds is 7. The topological polar surface area (TPSA) is 100 Å². The number of hydrogen-bond acceptors (Lipinski definition) is 5. The maximum Gasteiger partial charge on any atom is 0.240 e. The summed E-state index contributed by atoms with van der Waals surface area (Å²) in [6, 6.07) is 2.87. The fourth-order valence-corrected chi connectivity index (χ4v) is 2.70. The highest BCUT2D eigenvalue weighted by molar-refractivity contribution is 7.89. The second-order valence-electron chi connectivity index (χ2n) is 4.59. The average Bonchev–Trinajstić information content (AvgIpc) is 3.28. The van der Waals surface area contributed by atoms with Crippen molar-refractivity contribution in [1.29, 1.82) is 0 Å². The number of carbonyl (C=O) groups excluding carboxylic acids is 1. The van der Waals surface area contributed by atoms with Gasteiger partial charge in [-0.25, -0.2) is 18.1 Å². The Morgan fingerprint density at radius 2 is 2.15 bits per heavy atom. The standard InChI is InChI=1S/C12H18N4O3S/c1-13-11-8-10(4-5-14-11)20(18,19)16-7-6-15-12(17)9-2-3-9/h4-5,8-9,16H,2-3,6-7H2,1H3,(H,13,14)(H,15,17). The molecule has 1 aromatic heterocycles. The zero-order valence-corrected chi connectivity index (χ0v) is 12.0. The van der Waals surface area contributed by atoms with E-state index in [2.05, 4.69) is 20.3 Å². The number of sulfonamides is 1. The normalized spacial score (nSPS) is 14.8. The molecule has 0 saturated heterocycles. The summed E-state index contributed by atoms with van der Waals surface area (Å²) in [5, 5.41) is 5.48. The van der Waals surface area contributed by atoms with E-state index in [9.17, 15) is 13.2 Å². The molecule has 0 spiro atoms. The van der Waals surface area contributed by atoms with Crippen LogP contribution in [-0.4, -0.2) is 39.4 Å². The summed E-state index contributed by atoms with van der Waals surface area (Å²) in [6.07, 6.45) is 3.29. The van der Waals surface area contributed by atoms with Crippen LogP contribution in [0.3, 0.4) is 0 Å². The molecule has 1 amide bonds. The molecular formula is C12H18N4O3S. The van der Waals surface area contributed by atoms with E-state index in [0.29, 0.717) is 12.4 Å². The molecule has 8 heteroatoms. The van der Waals surface area contributed by atoms with Crippen molar-refractivity contribution < 1.29 is 13.2 Å². The van der Waals surface area contributed by atoms with E-state index in [1.165, 1.54) is 18.3 Å². The summed E-state index contributed by atoms with van der Waals surface area (Å²) in [6.45, 7) is 0.455. The average molecular weight is 298 g/mol. The summed E-state index contributed by atoms with van der Waals surface area (Å²) in [5.74, 6) is 0.616. The first kappa shape index (κ1) is 14.7. The Morgan fingerprint density at radius 3 is 2.80 bits per heavy atom. The van der Waals surface area contributed by atoms with Gasteiger partial charge in [0.05, 0.1) is 4.90 Å². The molecule has 20 heavy (non-hydrogen) atoms. The van der Waals surface area contributed by atoms with Gasteiger partial charge in [0.2, 0.25) is 15.9 Å². The molecule has 1 heterocycles. The highest BCUT2D eigenvalue weighted by Crippen LogP contribution is 2.28. The van der Waals surface area contributed by atoms with Gasteiger partial charge in [-0.05, 0) is 18.9 Å². The van der Waals surface area contributed by atoms with Gasteiger partial charge in [-0.1, -0.05) is 0 Å². The summed E-state index contributed by atoms with van der Waals surface area (Å²) in [4.78, 5) is 15.5. The molecule has 0 aromatic carbocycles. The lowest BCUT2D eigenvalue weighted by Crippen LogP contribution is -2.35. The largest absolute Gasteiger partial charge is 0.373 e. The molecule has 0 radical (unpaired) electrons. The van der Waals surface area contributed by atoms with Gasteiger partial charge in [0.25, 0.3) is 0 Å². The number of nitrogens with zero attached hydrogens (tertiary/aromatic N) is 1. The first-order valence-corrected chi connectivity index (χ1v) is 7.92. The first-order valence-electron chi connectivity index (χ1n) is 6.44. The van der Waals surface area contributed by atoms with Crippen molar-refractivity contribution in [3.8, 4) is 0 Å². The summed E-state index contributed by atoms with van der Waals surface area (Å²) < 4.78 is 26.5. The number of nitrogens with one attached hydrogen (secondary N) is 3. The van der Waals surface area contributed by atoms with Crippen molar-refractivity contribution in [3.05, 3.63) is 18.3 Å². The van der Waals surface area contributed by atoms with Gasteiger partial charge in [0.15, 0.2) is 0 Å². The van der Waals surface area contributed by atoms with E-state index < -0.39 is 10.0 Å². The van der Waals surface area contributed by atoms with Crippen molar-refractivity contribution in [1.82, 2.24) is 15.0 Å². The number of pyridine rings is 1. The van der Waals surface area contributed by atoms with Crippen LogP contribution in [0.2, 0.25) is 0 Å². The lowest BCUT2D eigenvalue weighted by molar-refractivity contribution is -0.122. The molecule has 0 atom stereocenters. The zero-order valence-electron chi connectivity index (χ0n) is 11.2. The second kappa shape index (κ2) is 6.19. The SMILES string of the molecule is CNc1cc(S(=O)(=O)NCCNC(=O)C2CC2)ccn1. The van der Waals surface area contributed by atoms with E-state index in [0.717, 1.165) is 12.8 Å². The van der Waals surface area contributed by atoms with E-state index in [4.69, 9.17) is 0 Å². The minimum absolute atomic E-state index is 0.00517. The van der Waals surface area contributed by atoms with Crippen molar-refractivity contribution >= 4 is 21.7 Å². The lowest BCUT2D eigenvalue weighted by Gasteiger charge is -2.08. The molecule has 1 fully saturated rings. The Kier molecular flexibility index (Phi) is 4.56. The fourth-order valence-electron chi connectivity index (χ4n) is 1.66. The monoisotopic (exact) mass is 298 g/mol. The Bertz CT molecular complexity index is 584. The van der Waals surface area contributed by atoms with Gasteiger partial charge >= 0.3 is 0 Å².